The molecule has 14 heavy (non-hydrogen) atoms. The van der Waals surface area contributed by atoms with Crippen molar-refractivity contribution in [1.82, 2.24) is 0 Å². The highest BCUT2D eigenvalue weighted by Gasteiger charge is 2.19. The van der Waals surface area contributed by atoms with E-state index >= 15 is 0 Å². The SMILES string of the molecule is CCOC(=O)C(CCC(C)C)COC. The Labute approximate surface area is 86.8 Å². The summed E-state index contributed by atoms with van der Waals surface area (Å²) in [5, 5.41) is 0. The Hall–Kier alpha value is -0.570. The van der Waals surface area contributed by atoms with Gasteiger partial charge in [0.15, 0.2) is 0 Å². The van der Waals surface area contributed by atoms with Gasteiger partial charge >= 0.3 is 5.97 Å². The number of ether oxygens (including phenoxy) is 2. The van der Waals surface area contributed by atoms with Crippen molar-refractivity contribution in [3.63, 3.8) is 0 Å². The van der Waals surface area contributed by atoms with Crippen molar-refractivity contribution in [1.29, 1.82) is 0 Å². The molecule has 0 radical (unpaired) electrons. The quantitative estimate of drug-likeness (QED) is 0.594. The average molecular weight is 202 g/mol. The Morgan fingerprint density at radius 3 is 2.36 bits per heavy atom. The van der Waals surface area contributed by atoms with Gasteiger partial charge in [-0.05, 0) is 19.3 Å². The summed E-state index contributed by atoms with van der Waals surface area (Å²) in [6.07, 6.45) is 1.89. The third kappa shape index (κ3) is 5.97. The largest absolute Gasteiger partial charge is 0.466 e. The van der Waals surface area contributed by atoms with Gasteiger partial charge < -0.3 is 9.47 Å². The van der Waals surface area contributed by atoms with Crippen LogP contribution in [0.2, 0.25) is 0 Å². The second kappa shape index (κ2) is 7.80. The Balaban J connectivity index is 3.93. The molecule has 3 nitrogen and oxygen atoms in total. The van der Waals surface area contributed by atoms with E-state index in [1.54, 1.807) is 7.11 Å². The fourth-order valence-corrected chi connectivity index (χ4v) is 1.27. The van der Waals surface area contributed by atoms with Gasteiger partial charge in [0.2, 0.25) is 0 Å². The number of hydrogen-bond acceptors (Lipinski definition) is 3. The maximum atomic E-state index is 11.4. The molecule has 0 spiro atoms. The van der Waals surface area contributed by atoms with E-state index in [2.05, 4.69) is 13.8 Å². The first-order valence-corrected chi connectivity index (χ1v) is 5.27. The average Bonchev–Trinajstić information content (AvgIpc) is 2.12. The molecule has 0 aliphatic heterocycles. The lowest BCUT2D eigenvalue weighted by molar-refractivity contribution is -0.150. The number of rotatable bonds is 7. The van der Waals surface area contributed by atoms with Crippen LogP contribution in [-0.2, 0) is 14.3 Å². The number of carbonyl (C=O) groups excluding carboxylic acids is 1. The lowest BCUT2D eigenvalue weighted by Gasteiger charge is -2.15. The van der Waals surface area contributed by atoms with Gasteiger partial charge in [-0.3, -0.25) is 4.79 Å². The highest BCUT2D eigenvalue weighted by molar-refractivity contribution is 5.72. The summed E-state index contributed by atoms with van der Waals surface area (Å²) >= 11 is 0. The van der Waals surface area contributed by atoms with Crippen LogP contribution in [0.4, 0.5) is 0 Å². The maximum absolute atomic E-state index is 11.4. The minimum atomic E-state index is -0.130. The molecule has 0 heterocycles. The Kier molecular flexibility index (Phi) is 7.48. The molecule has 0 saturated heterocycles. The highest BCUT2D eigenvalue weighted by atomic mass is 16.5. The molecule has 1 atom stereocenters. The van der Waals surface area contributed by atoms with Crippen LogP contribution in [0.25, 0.3) is 0 Å². The summed E-state index contributed by atoms with van der Waals surface area (Å²) in [4.78, 5) is 11.4. The van der Waals surface area contributed by atoms with Crippen molar-refractivity contribution < 1.29 is 14.3 Å². The first-order valence-electron chi connectivity index (χ1n) is 5.27. The van der Waals surface area contributed by atoms with Crippen LogP contribution < -0.4 is 0 Å². The Morgan fingerprint density at radius 1 is 1.29 bits per heavy atom. The molecule has 1 unspecified atom stereocenters. The summed E-state index contributed by atoms with van der Waals surface area (Å²) < 4.78 is 9.97. The van der Waals surface area contributed by atoms with Crippen molar-refractivity contribution in [2.45, 2.75) is 33.6 Å². The smallest absolute Gasteiger partial charge is 0.311 e. The zero-order valence-corrected chi connectivity index (χ0v) is 9.71. The summed E-state index contributed by atoms with van der Waals surface area (Å²) in [5.41, 5.74) is 0. The number of carbonyl (C=O) groups is 1. The molecule has 84 valence electrons. The molecule has 0 aromatic rings. The second-order valence-corrected chi connectivity index (χ2v) is 3.88. The number of methoxy groups -OCH3 is 1. The molecule has 0 fully saturated rings. The third-order valence-corrected chi connectivity index (χ3v) is 2.08. The van der Waals surface area contributed by atoms with Gasteiger partial charge in [-0.2, -0.15) is 0 Å². The summed E-state index contributed by atoms with van der Waals surface area (Å²) in [5.74, 6) is 0.390. The van der Waals surface area contributed by atoms with Crippen molar-refractivity contribution in [2.24, 2.45) is 11.8 Å². The fraction of sp³-hybridized carbons (Fsp3) is 0.909. The minimum Gasteiger partial charge on any atom is -0.466 e. The zero-order valence-electron chi connectivity index (χ0n) is 9.71. The van der Waals surface area contributed by atoms with Crippen LogP contribution in [-0.4, -0.2) is 26.3 Å². The van der Waals surface area contributed by atoms with E-state index in [0.717, 1.165) is 12.8 Å². The van der Waals surface area contributed by atoms with Crippen molar-refractivity contribution in [3.8, 4) is 0 Å². The molecule has 0 rings (SSSR count). The lowest BCUT2D eigenvalue weighted by atomic mass is 9.98. The van der Waals surface area contributed by atoms with Crippen LogP contribution in [0, 0.1) is 11.8 Å². The second-order valence-electron chi connectivity index (χ2n) is 3.88. The molecule has 0 aliphatic carbocycles. The van der Waals surface area contributed by atoms with Crippen LogP contribution in [0.3, 0.4) is 0 Å². The first kappa shape index (κ1) is 13.4. The maximum Gasteiger partial charge on any atom is 0.311 e. The van der Waals surface area contributed by atoms with E-state index in [1.165, 1.54) is 0 Å². The first-order chi connectivity index (χ1) is 6.61. The van der Waals surface area contributed by atoms with E-state index in [4.69, 9.17) is 9.47 Å². The van der Waals surface area contributed by atoms with Crippen LogP contribution in [0.1, 0.15) is 33.6 Å². The van der Waals surface area contributed by atoms with Crippen molar-refractivity contribution in [3.05, 3.63) is 0 Å². The van der Waals surface area contributed by atoms with E-state index in [0.29, 0.717) is 19.1 Å². The van der Waals surface area contributed by atoms with Crippen LogP contribution >= 0.6 is 0 Å². The summed E-state index contributed by atoms with van der Waals surface area (Å²) in [6.45, 7) is 7.03. The van der Waals surface area contributed by atoms with E-state index in [1.807, 2.05) is 6.92 Å². The van der Waals surface area contributed by atoms with Gasteiger partial charge in [-0.1, -0.05) is 20.3 Å². The fourth-order valence-electron chi connectivity index (χ4n) is 1.27. The molecule has 0 aromatic heterocycles. The molecule has 0 amide bonds. The number of hydrogen-bond donors (Lipinski definition) is 0. The molecule has 0 bridgehead atoms. The molecule has 0 saturated carbocycles. The topological polar surface area (TPSA) is 35.5 Å². The number of esters is 1. The van der Waals surface area contributed by atoms with Gasteiger partial charge in [0.1, 0.15) is 0 Å². The van der Waals surface area contributed by atoms with Crippen LogP contribution in [0.5, 0.6) is 0 Å². The third-order valence-electron chi connectivity index (χ3n) is 2.08. The van der Waals surface area contributed by atoms with E-state index in [-0.39, 0.29) is 11.9 Å². The van der Waals surface area contributed by atoms with Gasteiger partial charge in [-0.15, -0.1) is 0 Å². The molecular formula is C11H22O3. The predicted molar refractivity (Wildman–Crippen MR) is 56.1 cm³/mol. The van der Waals surface area contributed by atoms with Gasteiger partial charge in [0.25, 0.3) is 0 Å². The normalized spacial score (nSPS) is 12.9. The van der Waals surface area contributed by atoms with Gasteiger partial charge in [-0.25, -0.2) is 0 Å². The van der Waals surface area contributed by atoms with Crippen molar-refractivity contribution in [2.75, 3.05) is 20.3 Å². The van der Waals surface area contributed by atoms with Crippen molar-refractivity contribution >= 4 is 5.97 Å². The molecule has 0 N–H and O–H groups in total. The monoisotopic (exact) mass is 202 g/mol. The molecule has 0 aromatic carbocycles. The predicted octanol–water partition coefficient (Wildman–Crippen LogP) is 2.25. The highest BCUT2D eigenvalue weighted by Crippen LogP contribution is 2.14. The standard InChI is InChI=1S/C11H22O3/c1-5-14-11(12)10(8-13-4)7-6-9(2)3/h9-10H,5-8H2,1-4H3. The molecule has 3 heteroatoms. The minimum absolute atomic E-state index is 0.0950. The molecule has 0 aliphatic rings. The van der Waals surface area contributed by atoms with E-state index < -0.39 is 0 Å². The Morgan fingerprint density at radius 2 is 1.93 bits per heavy atom. The zero-order chi connectivity index (χ0) is 11.0. The lowest BCUT2D eigenvalue weighted by Crippen LogP contribution is -2.22. The van der Waals surface area contributed by atoms with Crippen LogP contribution in [0.15, 0.2) is 0 Å². The summed E-state index contributed by atoms with van der Waals surface area (Å²) in [7, 11) is 1.61. The molecular weight excluding hydrogens is 180 g/mol. The van der Waals surface area contributed by atoms with Gasteiger partial charge in [0.05, 0.1) is 19.1 Å². The van der Waals surface area contributed by atoms with E-state index in [9.17, 15) is 4.79 Å². The Bertz CT molecular complexity index is 155. The summed E-state index contributed by atoms with van der Waals surface area (Å²) in [6, 6.07) is 0. The van der Waals surface area contributed by atoms with Gasteiger partial charge in [0, 0.05) is 7.11 Å².